The molecule has 0 aliphatic rings. The van der Waals surface area contributed by atoms with E-state index in [-0.39, 0.29) is 17.2 Å². The Kier molecular flexibility index (Phi) is 6.15. The van der Waals surface area contributed by atoms with Gasteiger partial charge in [0.15, 0.2) is 0 Å². The van der Waals surface area contributed by atoms with Crippen molar-refractivity contribution in [2.45, 2.75) is 26.8 Å². The summed E-state index contributed by atoms with van der Waals surface area (Å²) in [6.07, 6.45) is 0. The second-order valence-electron chi connectivity index (χ2n) is 7.66. The van der Waals surface area contributed by atoms with Crippen LogP contribution in [0.25, 0.3) is 10.2 Å². The number of halogens is 1. The standard InChI is InChI=1S/C24H23FN4O3S/c1-12-14(3)33-24-20(12)23(31)28-21(29-24)13(2)26-17-8-9-19(32-4)18(11-17)27-22(30)15-6-5-7-16(25)10-15/h5-11,13,26H,1-4H3,(H,27,30)(H,28,29,31). The van der Waals surface area contributed by atoms with Crippen LogP contribution in [0.5, 0.6) is 5.75 Å². The van der Waals surface area contributed by atoms with Crippen LogP contribution in [0.3, 0.4) is 0 Å². The highest BCUT2D eigenvalue weighted by Crippen LogP contribution is 2.31. The Hall–Kier alpha value is -3.72. The first-order valence-corrected chi connectivity index (χ1v) is 11.1. The van der Waals surface area contributed by atoms with Crippen molar-refractivity contribution in [1.82, 2.24) is 9.97 Å². The molecule has 1 amide bonds. The summed E-state index contributed by atoms with van der Waals surface area (Å²) in [6, 6.07) is 10.3. The fourth-order valence-electron chi connectivity index (χ4n) is 3.51. The van der Waals surface area contributed by atoms with Crippen molar-refractivity contribution in [3.8, 4) is 5.75 Å². The number of hydrogen-bond acceptors (Lipinski definition) is 6. The van der Waals surface area contributed by atoms with Crippen molar-refractivity contribution in [2.24, 2.45) is 0 Å². The van der Waals surface area contributed by atoms with Crippen molar-refractivity contribution >= 4 is 38.8 Å². The van der Waals surface area contributed by atoms with Crippen molar-refractivity contribution in [1.29, 1.82) is 0 Å². The number of methoxy groups -OCH3 is 1. The fraction of sp³-hybridized carbons (Fsp3) is 0.208. The highest BCUT2D eigenvalue weighted by Gasteiger charge is 2.17. The van der Waals surface area contributed by atoms with E-state index in [2.05, 4.69) is 20.6 Å². The predicted molar refractivity (Wildman–Crippen MR) is 129 cm³/mol. The van der Waals surface area contributed by atoms with Crippen LogP contribution in [-0.4, -0.2) is 23.0 Å². The van der Waals surface area contributed by atoms with Crippen molar-refractivity contribution in [3.05, 3.63) is 80.5 Å². The number of nitrogens with zero attached hydrogens (tertiary/aromatic N) is 1. The molecule has 170 valence electrons. The first kappa shape index (κ1) is 22.5. The number of carbonyl (C=O) groups is 1. The van der Waals surface area contributed by atoms with Gasteiger partial charge in [0.25, 0.3) is 11.5 Å². The van der Waals surface area contributed by atoms with E-state index in [1.54, 1.807) is 18.2 Å². The van der Waals surface area contributed by atoms with E-state index in [1.165, 1.54) is 36.6 Å². The van der Waals surface area contributed by atoms with Crippen LogP contribution in [0, 0.1) is 19.7 Å². The van der Waals surface area contributed by atoms with Crippen molar-refractivity contribution in [2.75, 3.05) is 17.7 Å². The number of hydrogen-bond donors (Lipinski definition) is 3. The van der Waals surface area contributed by atoms with E-state index >= 15 is 0 Å². The summed E-state index contributed by atoms with van der Waals surface area (Å²) in [5, 5.41) is 6.67. The Labute approximate surface area is 193 Å². The molecule has 0 saturated heterocycles. The van der Waals surface area contributed by atoms with E-state index in [4.69, 9.17) is 4.74 Å². The van der Waals surface area contributed by atoms with Crippen LogP contribution < -0.4 is 20.9 Å². The first-order valence-electron chi connectivity index (χ1n) is 10.3. The zero-order valence-corrected chi connectivity index (χ0v) is 19.4. The van der Waals surface area contributed by atoms with E-state index in [1.807, 2.05) is 20.8 Å². The maximum atomic E-state index is 13.5. The first-order chi connectivity index (χ1) is 15.8. The molecule has 1 unspecified atom stereocenters. The minimum atomic E-state index is -0.492. The zero-order chi connectivity index (χ0) is 23.7. The van der Waals surface area contributed by atoms with E-state index in [0.29, 0.717) is 33.2 Å². The minimum absolute atomic E-state index is 0.164. The molecule has 9 heteroatoms. The Morgan fingerprint density at radius 2 is 2.00 bits per heavy atom. The average molecular weight is 467 g/mol. The molecule has 0 saturated carbocycles. The van der Waals surface area contributed by atoms with Gasteiger partial charge in [0.2, 0.25) is 0 Å². The van der Waals surface area contributed by atoms with Crippen LogP contribution in [-0.2, 0) is 0 Å². The van der Waals surface area contributed by atoms with E-state index in [0.717, 1.165) is 16.5 Å². The van der Waals surface area contributed by atoms with Gasteiger partial charge < -0.3 is 20.4 Å². The second-order valence-corrected chi connectivity index (χ2v) is 8.86. The van der Waals surface area contributed by atoms with Crippen molar-refractivity contribution in [3.63, 3.8) is 0 Å². The highest BCUT2D eigenvalue weighted by molar-refractivity contribution is 7.18. The molecule has 4 aromatic rings. The third-order valence-corrected chi connectivity index (χ3v) is 6.49. The summed E-state index contributed by atoms with van der Waals surface area (Å²) < 4.78 is 18.8. The number of carbonyl (C=O) groups excluding carboxylic acids is 1. The molecule has 0 bridgehead atoms. The van der Waals surface area contributed by atoms with Crippen LogP contribution >= 0.6 is 11.3 Å². The Morgan fingerprint density at radius 3 is 2.73 bits per heavy atom. The lowest BCUT2D eigenvalue weighted by Crippen LogP contribution is -2.18. The molecule has 7 nitrogen and oxygen atoms in total. The normalized spacial score (nSPS) is 11.9. The number of nitrogens with one attached hydrogen (secondary N) is 3. The third-order valence-electron chi connectivity index (χ3n) is 5.39. The molecule has 4 rings (SSSR count). The molecule has 0 aliphatic carbocycles. The van der Waals surface area contributed by atoms with Gasteiger partial charge in [0.05, 0.1) is 24.2 Å². The minimum Gasteiger partial charge on any atom is -0.495 e. The number of rotatable bonds is 6. The van der Waals surface area contributed by atoms with Gasteiger partial charge in [0, 0.05) is 16.1 Å². The van der Waals surface area contributed by atoms with Gasteiger partial charge >= 0.3 is 0 Å². The maximum absolute atomic E-state index is 13.5. The van der Waals surface area contributed by atoms with E-state index in [9.17, 15) is 14.0 Å². The molecule has 33 heavy (non-hydrogen) atoms. The maximum Gasteiger partial charge on any atom is 0.259 e. The third kappa shape index (κ3) is 4.58. The fourth-order valence-corrected chi connectivity index (χ4v) is 4.55. The van der Waals surface area contributed by atoms with Crippen LogP contribution in [0.4, 0.5) is 15.8 Å². The number of H-pyrrole nitrogens is 1. The predicted octanol–water partition coefficient (Wildman–Crippen LogP) is 5.17. The molecule has 0 aliphatic heterocycles. The van der Waals surface area contributed by atoms with Crippen molar-refractivity contribution < 1.29 is 13.9 Å². The van der Waals surface area contributed by atoms with Gasteiger partial charge in [-0.05, 0) is 62.7 Å². The largest absolute Gasteiger partial charge is 0.495 e. The van der Waals surface area contributed by atoms with Crippen LogP contribution in [0.15, 0.2) is 47.3 Å². The molecule has 0 spiro atoms. The molecule has 2 aromatic carbocycles. The lowest BCUT2D eigenvalue weighted by molar-refractivity contribution is 0.102. The van der Waals surface area contributed by atoms with Gasteiger partial charge in [-0.15, -0.1) is 11.3 Å². The molecule has 2 aromatic heterocycles. The Morgan fingerprint density at radius 1 is 1.21 bits per heavy atom. The molecular weight excluding hydrogens is 443 g/mol. The number of aromatic amines is 1. The number of benzene rings is 2. The lowest BCUT2D eigenvalue weighted by atomic mass is 10.2. The number of ether oxygens (including phenoxy) is 1. The molecule has 3 N–H and O–H groups in total. The zero-order valence-electron chi connectivity index (χ0n) is 18.6. The second kappa shape index (κ2) is 9.03. The van der Waals surface area contributed by atoms with Crippen LogP contribution in [0.2, 0.25) is 0 Å². The summed E-state index contributed by atoms with van der Waals surface area (Å²) in [6.45, 7) is 5.77. The summed E-state index contributed by atoms with van der Waals surface area (Å²) in [4.78, 5) is 34.5. The summed E-state index contributed by atoms with van der Waals surface area (Å²) in [5.41, 5.74) is 2.08. The number of aryl methyl sites for hydroxylation is 2. The average Bonchev–Trinajstić information content (AvgIpc) is 3.07. The van der Waals surface area contributed by atoms with Gasteiger partial charge in [-0.3, -0.25) is 9.59 Å². The summed E-state index contributed by atoms with van der Waals surface area (Å²) in [7, 11) is 1.50. The smallest absolute Gasteiger partial charge is 0.259 e. The van der Waals surface area contributed by atoms with Gasteiger partial charge in [-0.2, -0.15) is 0 Å². The Balaban J connectivity index is 1.59. The number of amides is 1. The number of aromatic nitrogens is 2. The number of anilines is 2. The SMILES string of the molecule is COc1ccc(NC(C)c2nc3sc(C)c(C)c3c(=O)[nH]2)cc1NC(=O)c1cccc(F)c1. The Bertz CT molecular complexity index is 1410. The van der Waals surface area contributed by atoms with Gasteiger partial charge in [0.1, 0.15) is 22.2 Å². The summed E-state index contributed by atoms with van der Waals surface area (Å²) in [5.74, 6) is 0.0108. The molecule has 2 heterocycles. The topological polar surface area (TPSA) is 96.1 Å². The molecule has 0 fully saturated rings. The number of thiophene rings is 1. The molecule has 1 atom stereocenters. The van der Waals surface area contributed by atoms with Gasteiger partial charge in [-0.1, -0.05) is 6.07 Å². The molecule has 0 radical (unpaired) electrons. The highest BCUT2D eigenvalue weighted by atomic mass is 32.1. The molecular formula is C24H23FN4O3S. The van der Waals surface area contributed by atoms with E-state index < -0.39 is 11.7 Å². The van der Waals surface area contributed by atoms with Crippen LogP contribution in [0.1, 0.15) is 39.6 Å². The quantitative estimate of drug-likeness (QED) is 0.364. The lowest BCUT2D eigenvalue weighted by Gasteiger charge is -2.17. The number of fused-ring (bicyclic) bond motifs is 1. The monoisotopic (exact) mass is 466 g/mol. The van der Waals surface area contributed by atoms with Gasteiger partial charge in [-0.25, -0.2) is 9.37 Å². The summed E-state index contributed by atoms with van der Waals surface area (Å²) >= 11 is 1.49.